The smallest absolute Gasteiger partial charge is 0.337 e. The standard InChI is InChI=1S/C13H7ClFN3O2/c14-8-4-2-6-10(11(8)15)18-12-7(13(19)20)3-1-5-9(12)16-17-18/h1-6H,(H,19,20). The van der Waals surface area contributed by atoms with Gasteiger partial charge in [-0.3, -0.25) is 0 Å². The molecule has 0 fully saturated rings. The summed E-state index contributed by atoms with van der Waals surface area (Å²) in [5, 5.41) is 16.8. The number of halogens is 2. The number of aromatic carboxylic acids is 1. The molecule has 2 aromatic carbocycles. The Labute approximate surface area is 117 Å². The molecule has 0 saturated carbocycles. The summed E-state index contributed by atoms with van der Waals surface area (Å²) in [4.78, 5) is 11.3. The quantitative estimate of drug-likeness (QED) is 0.788. The molecule has 0 atom stereocenters. The number of aromatic nitrogens is 3. The van der Waals surface area contributed by atoms with Crippen LogP contribution < -0.4 is 0 Å². The molecule has 1 heterocycles. The van der Waals surface area contributed by atoms with Gasteiger partial charge in [0.25, 0.3) is 0 Å². The third-order valence-electron chi connectivity index (χ3n) is 2.86. The van der Waals surface area contributed by atoms with Gasteiger partial charge < -0.3 is 5.11 Å². The SMILES string of the molecule is O=C(O)c1cccc2nnn(-c3cccc(Cl)c3F)c12. The summed E-state index contributed by atoms with van der Waals surface area (Å²) in [6.07, 6.45) is 0. The molecular weight excluding hydrogens is 285 g/mol. The van der Waals surface area contributed by atoms with Gasteiger partial charge in [-0.1, -0.05) is 28.9 Å². The highest BCUT2D eigenvalue weighted by molar-refractivity contribution is 6.30. The second-order valence-electron chi connectivity index (χ2n) is 4.05. The molecule has 0 aliphatic heterocycles. The Balaban J connectivity index is 2.38. The van der Waals surface area contributed by atoms with E-state index in [1.165, 1.54) is 18.2 Å². The van der Waals surface area contributed by atoms with E-state index < -0.39 is 11.8 Å². The van der Waals surface area contributed by atoms with Crippen molar-refractivity contribution in [3.8, 4) is 5.69 Å². The number of carboxylic acid groups (broad SMARTS) is 1. The Morgan fingerprint density at radius 2 is 2.00 bits per heavy atom. The van der Waals surface area contributed by atoms with E-state index in [-0.39, 0.29) is 21.8 Å². The first kappa shape index (κ1) is 12.6. The molecular formula is C13H7ClFN3O2. The minimum absolute atomic E-state index is 0.00752. The third kappa shape index (κ3) is 1.81. The van der Waals surface area contributed by atoms with E-state index >= 15 is 0 Å². The summed E-state index contributed by atoms with van der Waals surface area (Å²) < 4.78 is 15.2. The number of carboxylic acids is 1. The maximum Gasteiger partial charge on any atom is 0.337 e. The summed E-state index contributed by atoms with van der Waals surface area (Å²) in [7, 11) is 0. The molecule has 3 aromatic rings. The van der Waals surface area contributed by atoms with E-state index in [1.807, 2.05) is 0 Å². The predicted molar refractivity (Wildman–Crippen MR) is 70.8 cm³/mol. The van der Waals surface area contributed by atoms with Gasteiger partial charge in [0.05, 0.1) is 10.6 Å². The maximum atomic E-state index is 14.1. The molecule has 0 unspecified atom stereocenters. The van der Waals surface area contributed by atoms with Crippen molar-refractivity contribution in [2.24, 2.45) is 0 Å². The van der Waals surface area contributed by atoms with Crippen molar-refractivity contribution in [3.05, 3.63) is 52.8 Å². The molecule has 0 saturated heterocycles. The maximum absolute atomic E-state index is 14.1. The van der Waals surface area contributed by atoms with Gasteiger partial charge in [0, 0.05) is 0 Å². The lowest BCUT2D eigenvalue weighted by atomic mass is 10.2. The first-order valence-electron chi connectivity index (χ1n) is 5.61. The number of fused-ring (bicyclic) bond motifs is 1. The van der Waals surface area contributed by atoms with Crippen LogP contribution in [0.2, 0.25) is 5.02 Å². The Hall–Kier alpha value is -2.47. The fourth-order valence-corrected chi connectivity index (χ4v) is 2.14. The predicted octanol–water partition coefficient (Wildman–Crippen LogP) is 2.91. The van der Waals surface area contributed by atoms with Gasteiger partial charge in [-0.15, -0.1) is 5.10 Å². The Kier molecular flexibility index (Phi) is 2.87. The number of hydrogen-bond acceptors (Lipinski definition) is 3. The lowest BCUT2D eigenvalue weighted by Gasteiger charge is -2.06. The van der Waals surface area contributed by atoms with Crippen LogP contribution in [0.15, 0.2) is 36.4 Å². The second-order valence-corrected chi connectivity index (χ2v) is 4.46. The zero-order valence-electron chi connectivity index (χ0n) is 9.92. The van der Waals surface area contributed by atoms with Gasteiger partial charge in [-0.25, -0.2) is 13.9 Å². The van der Waals surface area contributed by atoms with Crippen molar-refractivity contribution in [2.45, 2.75) is 0 Å². The first-order valence-corrected chi connectivity index (χ1v) is 5.99. The van der Waals surface area contributed by atoms with Crippen LogP contribution in [-0.2, 0) is 0 Å². The third-order valence-corrected chi connectivity index (χ3v) is 3.15. The highest BCUT2D eigenvalue weighted by Gasteiger charge is 2.18. The summed E-state index contributed by atoms with van der Waals surface area (Å²) >= 11 is 5.73. The van der Waals surface area contributed by atoms with Crippen molar-refractivity contribution in [2.75, 3.05) is 0 Å². The van der Waals surface area contributed by atoms with Crippen LogP contribution in [0.5, 0.6) is 0 Å². The summed E-state index contributed by atoms with van der Waals surface area (Å²) in [6.45, 7) is 0. The summed E-state index contributed by atoms with van der Waals surface area (Å²) in [5.41, 5.74) is 0.631. The molecule has 7 heteroatoms. The fraction of sp³-hybridized carbons (Fsp3) is 0. The molecule has 1 aromatic heterocycles. The van der Waals surface area contributed by atoms with Crippen molar-refractivity contribution >= 4 is 28.6 Å². The average Bonchev–Trinajstić information content (AvgIpc) is 2.85. The zero-order valence-corrected chi connectivity index (χ0v) is 10.7. The fourth-order valence-electron chi connectivity index (χ4n) is 1.97. The van der Waals surface area contributed by atoms with Crippen molar-refractivity contribution in [3.63, 3.8) is 0 Å². The van der Waals surface area contributed by atoms with Gasteiger partial charge in [0.1, 0.15) is 16.7 Å². The van der Waals surface area contributed by atoms with E-state index in [0.717, 1.165) is 4.68 Å². The minimum atomic E-state index is -1.14. The van der Waals surface area contributed by atoms with Crippen LogP contribution in [0.25, 0.3) is 16.7 Å². The van der Waals surface area contributed by atoms with Crippen molar-refractivity contribution in [1.29, 1.82) is 0 Å². The Bertz CT molecular complexity index is 832. The van der Waals surface area contributed by atoms with E-state index in [2.05, 4.69) is 10.3 Å². The molecule has 0 amide bonds. The van der Waals surface area contributed by atoms with Gasteiger partial charge in [-0.05, 0) is 24.3 Å². The van der Waals surface area contributed by atoms with Crippen LogP contribution in [0, 0.1) is 5.82 Å². The zero-order chi connectivity index (χ0) is 14.3. The number of hydrogen-bond donors (Lipinski definition) is 1. The number of benzene rings is 2. The highest BCUT2D eigenvalue weighted by Crippen LogP contribution is 2.25. The molecule has 0 aliphatic rings. The van der Waals surface area contributed by atoms with Crippen LogP contribution >= 0.6 is 11.6 Å². The summed E-state index contributed by atoms with van der Waals surface area (Å²) in [5.74, 6) is -1.82. The minimum Gasteiger partial charge on any atom is -0.478 e. The Morgan fingerprint density at radius 1 is 1.25 bits per heavy atom. The molecule has 5 nitrogen and oxygen atoms in total. The topological polar surface area (TPSA) is 68.0 Å². The molecule has 0 aliphatic carbocycles. The summed E-state index contributed by atoms with van der Waals surface area (Å²) in [6, 6.07) is 8.98. The second kappa shape index (κ2) is 4.57. The monoisotopic (exact) mass is 291 g/mol. The van der Waals surface area contributed by atoms with E-state index in [1.54, 1.807) is 18.2 Å². The molecule has 0 radical (unpaired) electrons. The Morgan fingerprint density at radius 3 is 2.75 bits per heavy atom. The molecule has 1 N–H and O–H groups in total. The first-order chi connectivity index (χ1) is 9.59. The largest absolute Gasteiger partial charge is 0.478 e. The van der Waals surface area contributed by atoms with Crippen molar-refractivity contribution in [1.82, 2.24) is 15.0 Å². The normalized spacial score (nSPS) is 10.9. The average molecular weight is 292 g/mol. The van der Waals surface area contributed by atoms with E-state index in [4.69, 9.17) is 11.6 Å². The highest BCUT2D eigenvalue weighted by atomic mass is 35.5. The van der Waals surface area contributed by atoms with Crippen molar-refractivity contribution < 1.29 is 14.3 Å². The number of carbonyl (C=O) groups is 1. The van der Waals surface area contributed by atoms with Gasteiger partial charge in [0.15, 0.2) is 5.82 Å². The van der Waals surface area contributed by atoms with Gasteiger partial charge in [0.2, 0.25) is 0 Å². The molecule has 0 bridgehead atoms. The lowest BCUT2D eigenvalue weighted by Crippen LogP contribution is -2.05. The lowest BCUT2D eigenvalue weighted by molar-refractivity contribution is 0.0698. The van der Waals surface area contributed by atoms with Gasteiger partial charge in [-0.2, -0.15) is 0 Å². The molecule has 100 valence electrons. The van der Waals surface area contributed by atoms with Crippen LogP contribution in [0.1, 0.15) is 10.4 Å². The molecule has 20 heavy (non-hydrogen) atoms. The number of nitrogens with zero attached hydrogens (tertiary/aromatic N) is 3. The molecule has 0 spiro atoms. The van der Waals surface area contributed by atoms with E-state index in [0.29, 0.717) is 5.52 Å². The van der Waals surface area contributed by atoms with E-state index in [9.17, 15) is 14.3 Å². The van der Waals surface area contributed by atoms with Crippen LogP contribution in [-0.4, -0.2) is 26.1 Å². The van der Waals surface area contributed by atoms with Gasteiger partial charge >= 0.3 is 5.97 Å². The van der Waals surface area contributed by atoms with Crippen LogP contribution in [0.3, 0.4) is 0 Å². The molecule has 3 rings (SSSR count). The number of para-hydroxylation sites is 1. The number of rotatable bonds is 2. The van der Waals surface area contributed by atoms with Crippen LogP contribution in [0.4, 0.5) is 4.39 Å².